The number of amides is 1. The Kier molecular flexibility index (Phi) is 12.0. The van der Waals surface area contributed by atoms with E-state index in [1.807, 2.05) is 39.8 Å². The molecule has 1 rings (SSSR count). The van der Waals surface area contributed by atoms with E-state index in [4.69, 9.17) is 4.74 Å². The number of carbonyl (C=O) groups excluding carboxylic acids is 1. The molecule has 1 amide bonds. The molecule has 1 aromatic carbocycles. The van der Waals surface area contributed by atoms with Gasteiger partial charge in [-0.1, -0.05) is 24.3 Å². The summed E-state index contributed by atoms with van der Waals surface area (Å²) in [6, 6.07) is 8.24. The van der Waals surface area contributed by atoms with Crippen LogP contribution in [0.3, 0.4) is 0 Å². The number of ether oxygens (including phenoxy) is 1. The number of halogens is 1. The second kappa shape index (κ2) is 12.8. The van der Waals surface area contributed by atoms with Crippen molar-refractivity contribution in [2.75, 3.05) is 19.6 Å². The summed E-state index contributed by atoms with van der Waals surface area (Å²) in [4.78, 5) is 16.2. The standard InChI is InChI=1S/C19H32N4O2.HI/c1-6-20-17(23-14-16-11-8-7-10-15(16)2)21-12-9-13-22-18(24)25-19(3,4)5;/h7-8,10-11H,6,9,12-14H2,1-5H3,(H,22,24)(H2,20,21,23);1H. The van der Waals surface area contributed by atoms with E-state index in [2.05, 4.69) is 40.0 Å². The molecule has 148 valence electrons. The van der Waals surface area contributed by atoms with Gasteiger partial charge in [0.15, 0.2) is 5.96 Å². The molecule has 0 aromatic heterocycles. The van der Waals surface area contributed by atoms with Gasteiger partial charge in [-0.25, -0.2) is 9.79 Å². The van der Waals surface area contributed by atoms with E-state index >= 15 is 0 Å². The van der Waals surface area contributed by atoms with Crippen LogP contribution < -0.4 is 16.0 Å². The molecular formula is C19H33IN4O2. The lowest BCUT2D eigenvalue weighted by molar-refractivity contribution is 0.0527. The second-order valence-electron chi connectivity index (χ2n) is 6.83. The number of hydrogen-bond donors (Lipinski definition) is 3. The predicted molar refractivity (Wildman–Crippen MR) is 118 cm³/mol. The Morgan fingerprint density at radius 1 is 1.12 bits per heavy atom. The highest BCUT2D eigenvalue weighted by molar-refractivity contribution is 14.0. The number of carbonyl (C=O) groups is 1. The summed E-state index contributed by atoms with van der Waals surface area (Å²) in [5.41, 5.74) is 1.98. The molecule has 0 spiro atoms. The lowest BCUT2D eigenvalue weighted by atomic mass is 10.1. The number of rotatable bonds is 7. The highest BCUT2D eigenvalue weighted by Gasteiger charge is 2.15. The first kappa shape index (κ1) is 24.5. The highest BCUT2D eigenvalue weighted by atomic mass is 127. The van der Waals surface area contributed by atoms with Crippen molar-refractivity contribution >= 4 is 36.0 Å². The van der Waals surface area contributed by atoms with Crippen LogP contribution in [0.25, 0.3) is 0 Å². The number of nitrogens with one attached hydrogen (secondary N) is 3. The van der Waals surface area contributed by atoms with Crippen molar-refractivity contribution in [2.24, 2.45) is 4.99 Å². The van der Waals surface area contributed by atoms with Crippen molar-refractivity contribution in [1.29, 1.82) is 0 Å². The van der Waals surface area contributed by atoms with Gasteiger partial charge in [0, 0.05) is 19.6 Å². The minimum atomic E-state index is -0.469. The van der Waals surface area contributed by atoms with Crippen molar-refractivity contribution in [3.05, 3.63) is 35.4 Å². The van der Waals surface area contributed by atoms with E-state index in [0.29, 0.717) is 13.1 Å². The fourth-order valence-electron chi connectivity index (χ4n) is 2.09. The third-order valence-electron chi connectivity index (χ3n) is 3.33. The minimum absolute atomic E-state index is 0. The number of nitrogens with zero attached hydrogens (tertiary/aromatic N) is 1. The van der Waals surface area contributed by atoms with Crippen LogP contribution in [-0.4, -0.2) is 37.3 Å². The zero-order valence-electron chi connectivity index (χ0n) is 16.5. The van der Waals surface area contributed by atoms with Crippen molar-refractivity contribution in [3.8, 4) is 0 Å². The van der Waals surface area contributed by atoms with Gasteiger partial charge in [-0.2, -0.15) is 0 Å². The molecule has 26 heavy (non-hydrogen) atoms. The van der Waals surface area contributed by atoms with Crippen molar-refractivity contribution < 1.29 is 9.53 Å². The number of guanidine groups is 1. The number of alkyl carbamates (subject to hydrolysis) is 1. The van der Waals surface area contributed by atoms with Gasteiger partial charge in [0.2, 0.25) is 0 Å². The molecule has 0 fully saturated rings. The van der Waals surface area contributed by atoms with Crippen LogP contribution in [-0.2, 0) is 11.3 Å². The van der Waals surface area contributed by atoms with Crippen LogP contribution in [0.15, 0.2) is 29.3 Å². The van der Waals surface area contributed by atoms with Crippen LogP contribution in [0.1, 0.15) is 45.2 Å². The number of benzene rings is 1. The smallest absolute Gasteiger partial charge is 0.407 e. The van der Waals surface area contributed by atoms with Crippen LogP contribution in [0, 0.1) is 6.92 Å². The minimum Gasteiger partial charge on any atom is -0.444 e. The Balaban J connectivity index is 0.00000625. The molecule has 7 heteroatoms. The van der Waals surface area contributed by atoms with Gasteiger partial charge in [0.25, 0.3) is 0 Å². The largest absolute Gasteiger partial charge is 0.444 e. The molecule has 0 heterocycles. The zero-order valence-corrected chi connectivity index (χ0v) is 18.8. The molecule has 0 unspecified atom stereocenters. The molecule has 0 bridgehead atoms. The maximum atomic E-state index is 11.6. The average molecular weight is 476 g/mol. The molecule has 0 saturated carbocycles. The number of aryl methyl sites for hydroxylation is 1. The summed E-state index contributed by atoms with van der Waals surface area (Å²) in [6.07, 6.45) is 0.404. The summed E-state index contributed by atoms with van der Waals surface area (Å²) < 4.78 is 5.20. The van der Waals surface area contributed by atoms with E-state index in [0.717, 1.165) is 25.5 Å². The Morgan fingerprint density at radius 3 is 2.38 bits per heavy atom. The quantitative estimate of drug-likeness (QED) is 0.244. The molecule has 0 saturated heterocycles. The lowest BCUT2D eigenvalue weighted by Gasteiger charge is -2.19. The monoisotopic (exact) mass is 476 g/mol. The summed E-state index contributed by atoms with van der Waals surface area (Å²) in [5, 5.41) is 9.26. The van der Waals surface area contributed by atoms with Gasteiger partial charge in [-0.05, 0) is 52.2 Å². The third kappa shape index (κ3) is 11.2. The summed E-state index contributed by atoms with van der Waals surface area (Å²) >= 11 is 0. The summed E-state index contributed by atoms with van der Waals surface area (Å²) in [7, 11) is 0. The molecule has 0 radical (unpaired) electrons. The van der Waals surface area contributed by atoms with Crippen LogP contribution in [0.2, 0.25) is 0 Å². The van der Waals surface area contributed by atoms with E-state index < -0.39 is 5.60 Å². The molecule has 3 N–H and O–H groups in total. The van der Waals surface area contributed by atoms with Gasteiger partial charge in [-0.15, -0.1) is 24.0 Å². The molecule has 0 aliphatic rings. The zero-order chi connectivity index (χ0) is 18.7. The Hall–Kier alpha value is -1.51. The second-order valence-corrected chi connectivity index (χ2v) is 6.83. The predicted octanol–water partition coefficient (Wildman–Crippen LogP) is 3.58. The number of hydrogen-bond acceptors (Lipinski definition) is 3. The first-order valence-electron chi connectivity index (χ1n) is 8.85. The molecule has 0 aliphatic heterocycles. The van der Waals surface area contributed by atoms with E-state index in [1.165, 1.54) is 11.1 Å². The van der Waals surface area contributed by atoms with E-state index in [1.54, 1.807) is 0 Å². The summed E-state index contributed by atoms with van der Waals surface area (Å²) in [6.45, 7) is 12.4. The lowest BCUT2D eigenvalue weighted by Crippen LogP contribution is -2.39. The molecule has 1 aromatic rings. The normalized spacial score (nSPS) is 11.3. The maximum Gasteiger partial charge on any atom is 0.407 e. The Labute approximate surface area is 174 Å². The average Bonchev–Trinajstić information content (AvgIpc) is 2.51. The Morgan fingerprint density at radius 2 is 1.77 bits per heavy atom. The van der Waals surface area contributed by atoms with Gasteiger partial charge >= 0.3 is 6.09 Å². The van der Waals surface area contributed by atoms with Crippen LogP contribution >= 0.6 is 24.0 Å². The van der Waals surface area contributed by atoms with Crippen molar-refractivity contribution in [1.82, 2.24) is 16.0 Å². The van der Waals surface area contributed by atoms with Crippen molar-refractivity contribution in [3.63, 3.8) is 0 Å². The van der Waals surface area contributed by atoms with E-state index in [9.17, 15) is 4.79 Å². The first-order valence-corrected chi connectivity index (χ1v) is 8.85. The van der Waals surface area contributed by atoms with Gasteiger partial charge < -0.3 is 20.7 Å². The van der Waals surface area contributed by atoms with Gasteiger partial charge in [0.05, 0.1) is 6.54 Å². The summed E-state index contributed by atoms with van der Waals surface area (Å²) in [5.74, 6) is 0.781. The van der Waals surface area contributed by atoms with Gasteiger partial charge in [-0.3, -0.25) is 0 Å². The highest BCUT2D eigenvalue weighted by Crippen LogP contribution is 2.08. The fourth-order valence-corrected chi connectivity index (χ4v) is 2.09. The first-order chi connectivity index (χ1) is 11.8. The number of aliphatic imine (C=N–C) groups is 1. The maximum absolute atomic E-state index is 11.6. The molecule has 0 aliphatic carbocycles. The van der Waals surface area contributed by atoms with E-state index in [-0.39, 0.29) is 30.1 Å². The SMILES string of the molecule is CCNC(=NCc1ccccc1C)NCCCNC(=O)OC(C)(C)C.I. The Bertz CT molecular complexity index is 571. The third-order valence-corrected chi connectivity index (χ3v) is 3.33. The molecular weight excluding hydrogens is 443 g/mol. The fraction of sp³-hybridized carbons (Fsp3) is 0.579. The van der Waals surface area contributed by atoms with Crippen LogP contribution in [0.5, 0.6) is 0 Å². The van der Waals surface area contributed by atoms with Crippen LogP contribution in [0.4, 0.5) is 4.79 Å². The van der Waals surface area contributed by atoms with Crippen molar-refractivity contribution in [2.45, 2.75) is 53.2 Å². The molecule has 0 atom stereocenters. The molecule has 6 nitrogen and oxygen atoms in total. The topological polar surface area (TPSA) is 74.8 Å². The van der Waals surface area contributed by atoms with Gasteiger partial charge in [0.1, 0.15) is 5.60 Å².